The highest BCUT2D eigenvalue weighted by Crippen LogP contribution is 2.15. The molecule has 0 spiro atoms. The molecular formula is C66H110O6. The fourth-order valence-corrected chi connectivity index (χ4v) is 8.07. The summed E-state index contributed by atoms with van der Waals surface area (Å²) in [6, 6.07) is 0. The molecule has 72 heavy (non-hydrogen) atoms. The van der Waals surface area contributed by atoms with Crippen LogP contribution in [0.15, 0.2) is 109 Å². The van der Waals surface area contributed by atoms with Crippen LogP contribution in [0, 0.1) is 0 Å². The zero-order valence-electron chi connectivity index (χ0n) is 46.9. The van der Waals surface area contributed by atoms with Crippen molar-refractivity contribution in [3.63, 3.8) is 0 Å². The zero-order valence-corrected chi connectivity index (χ0v) is 46.9. The third-order valence-corrected chi connectivity index (χ3v) is 12.5. The van der Waals surface area contributed by atoms with Crippen molar-refractivity contribution >= 4 is 17.9 Å². The number of hydrogen-bond donors (Lipinski definition) is 0. The molecule has 0 aromatic rings. The Balaban J connectivity index is 4.40. The first-order valence-electron chi connectivity index (χ1n) is 29.9. The molecule has 1 unspecified atom stereocenters. The molecule has 0 bridgehead atoms. The van der Waals surface area contributed by atoms with Crippen LogP contribution in [-0.2, 0) is 28.6 Å². The van der Waals surface area contributed by atoms with E-state index in [0.717, 1.165) is 122 Å². The van der Waals surface area contributed by atoms with E-state index in [4.69, 9.17) is 14.2 Å². The van der Waals surface area contributed by atoms with E-state index < -0.39 is 6.10 Å². The highest BCUT2D eigenvalue weighted by molar-refractivity contribution is 5.71. The molecule has 1 atom stereocenters. The second-order valence-electron chi connectivity index (χ2n) is 19.5. The lowest BCUT2D eigenvalue weighted by molar-refractivity contribution is -0.167. The summed E-state index contributed by atoms with van der Waals surface area (Å²) in [4.78, 5) is 38.2. The number of carbonyl (C=O) groups excluding carboxylic acids is 3. The number of ether oxygens (including phenoxy) is 3. The Morgan fingerprint density at radius 2 is 0.542 bits per heavy atom. The first-order chi connectivity index (χ1) is 35.5. The molecule has 6 nitrogen and oxygen atoms in total. The van der Waals surface area contributed by atoms with Crippen molar-refractivity contribution in [1.29, 1.82) is 0 Å². The van der Waals surface area contributed by atoms with Crippen LogP contribution in [0.5, 0.6) is 0 Å². The van der Waals surface area contributed by atoms with Gasteiger partial charge in [0.05, 0.1) is 0 Å². The van der Waals surface area contributed by atoms with Crippen molar-refractivity contribution in [3.05, 3.63) is 109 Å². The average molecular weight is 1000 g/mol. The molecular weight excluding hydrogens is 889 g/mol. The summed E-state index contributed by atoms with van der Waals surface area (Å²) >= 11 is 0. The summed E-state index contributed by atoms with van der Waals surface area (Å²) in [5, 5.41) is 0. The fraction of sp³-hybridized carbons (Fsp3) is 0.682. The summed E-state index contributed by atoms with van der Waals surface area (Å²) in [6.07, 6.45) is 80.8. The lowest BCUT2D eigenvalue weighted by atomic mass is 10.1. The monoisotopic (exact) mass is 999 g/mol. The molecule has 0 aliphatic heterocycles. The summed E-state index contributed by atoms with van der Waals surface area (Å²) in [5.74, 6) is -0.938. The van der Waals surface area contributed by atoms with Gasteiger partial charge in [0.15, 0.2) is 6.10 Å². The fourth-order valence-electron chi connectivity index (χ4n) is 8.07. The molecule has 0 aliphatic carbocycles. The molecule has 0 N–H and O–H groups in total. The minimum absolute atomic E-state index is 0.0962. The highest BCUT2D eigenvalue weighted by Gasteiger charge is 2.19. The predicted molar refractivity (Wildman–Crippen MR) is 311 cm³/mol. The summed E-state index contributed by atoms with van der Waals surface area (Å²) in [5.41, 5.74) is 0. The van der Waals surface area contributed by atoms with E-state index in [-0.39, 0.29) is 31.1 Å². The molecule has 0 amide bonds. The van der Waals surface area contributed by atoms with Gasteiger partial charge in [0.2, 0.25) is 0 Å². The maximum Gasteiger partial charge on any atom is 0.306 e. The van der Waals surface area contributed by atoms with Crippen molar-refractivity contribution < 1.29 is 28.6 Å². The molecule has 0 radical (unpaired) electrons. The molecule has 0 aromatic heterocycles. The first-order valence-corrected chi connectivity index (χ1v) is 29.9. The molecule has 0 rings (SSSR count). The molecule has 6 heteroatoms. The van der Waals surface area contributed by atoms with Gasteiger partial charge in [0.1, 0.15) is 13.2 Å². The van der Waals surface area contributed by atoms with Crippen molar-refractivity contribution in [2.75, 3.05) is 13.2 Å². The number of carbonyl (C=O) groups is 3. The predicted octanol–water partition coefficient (Wildman–Crippen LogP) is 20.3. The van der Waals surface area contributed by atoms with Gasteiger partial charge in [-0.25, -0.2) is 0 Å². The van der Waals surface area contributed by atoms with E-state index in [2.05, 4.69) is 130 Å². The topological polar surface area (TPSA) is 78.9 Å². The molecule has 0 saturated heterocycles. The lowest BCUT2D eigenvalue weighted by Gasteiger charge is -2.18. The van der Waals surface area contributed by atoms with Crippen molar-refractivity contribution in [2.45, 2.75) is 277 Å². The Morgan fingerprint density at radius 1 is 0.292 bits per heavy atom. The van der Waals surface area contributed by atoms with Crippen LogP contribution in [0.4, 0.5) is 0 Å². The summed E-state index contributed by atoms with van der Waals surface area (Å²) < 4.78 is 16.9. The Hall–Kier alpha value is -3.93. The summed E-state index contributed by atoms with van der Waals surface area (Å²) in [6.45, 7) is 6.38. The van der Waals surface area contributed by atoms with Gasteiger partial charge in [-0.05, 0) is 122 Å². The number of rotatable bonds is 53. The number of esters is 3. The quantitative estimate of drug-likeness (QED) is 0.0261. The standard InChI is InChI=1S/C66H110O6/c1-4-7-10-13-16-19-22-25-27-29-31-32-33-34-35-37-38-41-44-47-50-53-56-59-65(68)71-62-63(61-70-64(67)58-55-52-49-46-43-40-24-21-18-15-12-9-6-3)72-66(69)60-57-54-51-48-45-42-39-36-30-28-26-23-20-17-14-11-8-5-2/h7,9-10,12,16,18-19,21,25,27-28,30-32,34-35,40,43,63H,4-6,8,11,13-15,17,20,22-24,26,29,33,36-39,41-42,44-62H2,1-3H3/b10-7-,12-9-,19-16-,21-18-,27-25-,30-28-,32-31-,35-34-,43-40-. The normalized spacial score (nSPS) is 12.9. The van der Waals surface area contributed by atoms with E-state index in [1.54, 1.807) is 0 Å². The molecule has 0 saturated carbocycles. The second kappa shape index (κ2) is 59.6. The van der Waals surface area contributed by atoms with E-state index in [1.807, 2.05) is 0 Å². The van der Waals surface area contributed by atoms with Crippen LogP contribution in [0.1, 0.15) is 271 Å². The third kappa shape index (κ3) is 57.0. The molecule has 0 aliphatic rings. The maximum atomic E-state index is 12.9. The Labute approximate surface area is 444 Å². The largest absolute Gasteiger partial charge is 0.462 e. The Kier molecular flexibility index (Phi) is 56.4. The van der Waals surface area contributed by atoms with Crippen LogP contribution in [0.2, 0.25) is 0 Å². The van der Waals surface area contributed by atoms with Gasteiger partial charge in [0.25, 0.3) is 0 Å². The van der Waals surface area contributed by atoms with Crippen LogP contribution in [0.3, 0.4) is 0 Å². The van der Waals surface area contributed by atoms with Crippen molar-refractivity contribution in [3.8, 4) is 0 Å². The van der Waals surface area contributed by atoms with Gasteiger partial charge in [-0.3, -0.25) is 14.4 Å². The van der Waals surface area contributed by atoms with Crippen LogP contribution < -0.4 is 0 Å². The minimum atomic E-state index is -0.800. The van der Waals surface area contributed by atoms with Gasteiger partial charge in [-0.2, -0.15) is 0 Å². The van der Waals surface area contributed by atoms with Crippen LogP contribution in [0.25, 0.3) is 0 Å². The Morgan fingerprint density at radius 3 is 0.875 bits per heavy atom. The summed E-state index contributed by atoms with van der Waals surface area (Å²) in [7, 11) is 0. The minimum Gasteiger partial charge on any atom is -0.462 e. The van der Waals surface area contributed by atoms with Gasteiger partial charge in [-0.15, -0.1) is 0 Å². The van der Waals surface area contributed by atoms with E-state index in [1.165, 1.54) is 109 Å². The van der Waals surface area contributed by atoms with Gasteiger partial charge >= 0.3 is 17.9 Å². The van der Waals surface area contributed by atoms with Gasteiger partial charge in [0, 0.05) is 19.3 Å². The van der Waals surface area contributed by atoms with Gasteiger partial charge < -0.3 is 14.2 Å². The lowest BCUT2D eigenvalue weighted by Crippen LogP contribution is -2.30. The van der Waals surface area contributed by atoms with E-state index >= 15 is 0 Å². The van der Waals surface area contributed by atoms with Crippen molar-refractivity contribution in [1.82, 2.24) is 0 Å². The molecule has 0 heterocycles. The van der Waals surface area contributed by atoms with E-state index in [0.29, 0.717) is 19.3 Å². The van der Waals surface area contributed by atoms with Gasteiger partial charge in [-0.1, -0.05) is 239 Å². The molecule has 0 aromatic carbocycles. The van der Waals surface area contributed by atoms with E-state index in [9.17, 15) is 14.4 Å². The number of hydrogen-bond acceptors (Lipinski definition) is 6. The number of unbranched alkanes of at least 4 members (excludes halogenated alkanes) is 24. The molecule has 410 valence electrons. The first kappa shape index (κ1) is 68.1. The van der Waals surface area contributed by atoms with Crippen molar-refractivity contribution in [2.24, 2.45) is 0 Å². The smallest absolute Gasteiger partial charge is 0.306 e. The Bertz CT molecular complexity index is 1470. The highest BCUT2D eigenvalue weighted by atomic mass is 16.6. The zero-order chi connectivity index (χ0) is 52.2. The second-order valence-corrected chi connectivity index (χ2v) is 19.5. The molecule has 0 fully saturated rings. The SMILES string of the molecule is CC/C=C\C/C=C\C/C=C\C/C=C\C/C=C\CCCCCCCCCC(=O)OCC(COC(=O)CCCCC/C=C\C/C=C\C/C=C\CC)OC(=O)CCCCCCCCC/C=C\CCCCCCCCC. The number of allylic oxidation sites excluding steroid dienone is 18. The maximum absolute atomic E-state index is 12.9. The van der Waals surface area contributed by atoms with Crippen LogP contribution in [-0.4, -0.2) is 37.2 Å². The average Bonchev–Trinajstić information content (AvgIpc) is 3.38. The van der Waals surface area contributed by atoms with Crippen LogP contribution >= 0.6 is 0 Å². The third-order valence-electron chi connectivity index (χ3n) is 12.5.